The summed E-state index contributed by atoms with van der Waals surface area (Å²) < 4.78 is 12.9. The molecule has 80 valence electrons. The summed E-state index contributed by atoms with van der Waals surface area (Å²) in [5, 5.41) is 0. The Balaban J connectivity index is 2.04. The smallest absolute Gasteiger partial charge is 0.136 e. The van der Waals surface area contributed by atoms with E-state index in [2.05, 4.69) is 0 Å². The summed E-state index contributed by atoms with van der Waals surface area (Å²) in [5.41, 5.74) is 0.940. The number of benzene rings is 1. The summed E-state index contributed by atoms with van der Waals surface area (Å²) in [7, 11) is 0. The molecule has 0 bridgehead atoms. The monoisotopic (exact) mass is 206 g/mol. The summed E-state index contributed by atoms with van der Waals surface area (Å²) in [6, 6.07) is 6.57. The molecule has 0 N–H and O–H groups in total. The predicted octanol–water partition coefficient (Wildman–Crippen LogP) is 3.13. The molecule has 2 heteroatoms. The standard InChI is InChI=1S/C13H15FO/c14-12-6-3-4-10(9-12)8-11-5-1-2-7-13(11)15/h3-4,6,9,11H,1-2,5,7-8H2/t11-/m0/s1. The van der Waals surface area contributed by atoms with Gasteiger partial charge in [-0.1, -0.05) is 18.6 Å². The first-order valence-electron chi connectivity index (χ1n) is 5.53. The molecule has 1 aromatic carbocycles. The number of ketones is 1. The van der Waals surface area contributed by atoms with Crippen LogP contribution in [0.1, 0.15) is 31.2 Å². The number of halogens is 1. The van der Waals surface area contributed by atoms with Crippen molar-refractivity contribution in [1.82, 2.24) is 0 Å². The molecule has 0 spiro atoms. The molecule has 1 nitrogen and oxygen atoms in total. The molecule has 0 unspecified atom stereocenters. The van der Waals surface area contributed by atoms with Crippen LogP contribution in [0.4, 0.5) is 4.39 Å². The highest BCUT2D eigenvalue weighted by atomic mass is 19.1. The Labute approximate surface area is 89.3 Å². The normalized spacial score (nSPS) is 21.7. The van der Waals surface area contributed by atoms with Crippen LogP contribution in [0, 0.1) is 11.7 Å². The lowest BCUT2D eigenvalue weighted by Gasteiger charge is -2.20. The number of carbonyl (C=O) groups excluding carboxylic acids is 1. The van der Waals surface area contributed by atoms with Crippen molar-refractivity contribution in [2.45, 2.75) is 32.1 Å². The lowest BCUT2D eigenvalue weighted by Crippen LogP contribution is -2.21. The molecule has 1 fully saturated rings. The molecule has 0 aromatic heterocycles. The van der Waals surface area contributed by atoms with Crippen LogP contribution < -0.4 is 0 Å². The minimum atomic E-state index is -0.212. The molecule has 0 radical (unpaired) electrons. The average Bonchev–Trinajstić information content (AvgIpc) is 2.22. The maximum atomic E-state index is 12.9. The third-order valence-corrected chi connectivity index (χ3v) is 3.05. The zero-order valence-corrected chi connectivity index (χ0v) is 8.71. The van der Waals surface area contributed by atoms with E-state index in [4.69, 9.17) is 0 Å². The Bertz CT molecular complexity index is 359. The van der Waals surface area contributed by atoms with Crippen LogP contribution in [0.5, 0.6) is 0 Å². The SMILES string of the molecule is O=C1CCCC[C@H]1Cc1cccc(F)c1. The second-order valence-corrected chi connectivity index (χ2v) is 4.24. The Morgan fingerprint density at radius 1 is 1.33 bits per heavy atom. The van der Waals surface area contributed by atoms with Gasteiger partial charge in [0.1, 0.15) is 11.6 Å². The van der Waals surface area contributed by atoms with E-state index < -0.39 is 0 Å². The Morgan fingerprint density at radius 2 is 2.20 bits per heavy atom. The fraction of sp³-hybridized carbons (Fsp3) is 0.462. The van der Waals surface area contributed by atoms with E-state index in [-0.39, 0.29) is 11.7 Å². The van der Waals surface area contributed by atoms with Crippen molar-refractivity contribution in [2.75, 3.05) is 0 Å². The van der Waals surface area contributed by atoms with Gasteiger partial charge in [0.05, 0.1) is 0 Å². The Morgan fingerprint density at radius 3 is 2.93 bits per heavy atom. The zero-order chi connectivity index (χ0) is 10.7. The highest BCUT2D eigenvalue weighted by molar-refractivity contribution is 5.81. The van der Waals surface area contributed by atoms with Crippen LogP contribution >= 0.6 is 0 Å². The van der Waals surface area contributed by atoms with Gasteiger partial charge in [0.15, 0.2) is 0 Å². The van der Waals surface area contributed by atoms with Gasteiger partial charge in [-0.3, -0.25) is 4.79 Å². The van der Waals surface area contributed by atoms with Crippen LogP contribution in [0.15, 0.2) is 24.3 Å². The Kier molecular flexibility index (Phi) is 3.14. The zero-order valence-electron chi connectivity index (χ0n) is 8.71. The van der Waals surface area contributed by atoms with Crippen molar-refractivity contribution < 1.29 is 9.18 Å². The minimum Gasteiger partial charge on any atom is -0.299 e. The van der Waals surface area contributed by atoms with Crippen LogP contribution in [0.3, 0.4) is 0 Å². The van der Waals surface area contributed by atoms with Gasteiger partial charge >= 0.3 is 0 Å². The molecule has 1 atom stereocenters. The van der Waals surface area contributed by atoms with E-state index in [1.165, 1.54) is 12.1 Å². The van der Waals surface area contributed by atoms with Crippen molar-refractivity contribution in [3.05, 3.63) is 35.6 Å². The molecule has 1 aliphatic carbocycles. The molecule has 2 rings (SSSR count). The Hall–Kier alpha value is -1.18. The number of hydrogen-bond acceptors (Lipinski definition) is 1. The molecular weight excluding hydrogens is 191 g/mol. The number of carbonyl (C=O) groups is 1. The molecule has 1 aromatic rings. The van der Waals surface area contributed by atoms with Gasteiger partial charge in [-0.25, -0.2) is 4.39 Å². The van der Waals surface area contributed by atoms with E-state index in [0.29, 0.717) is 18.6 Å². The highest BCUT2D eigenvalue weighted by Gasteiger charge is 2.22. The summed E-state index contributed by atoms with van der Waals surface area (Å²) in [6.45, 7) is 0. The summed E-state index contributed by atoms with van der Waals surface area (Å²) in [6.07, 6.45) is 4.54. The molecule has 0 saturated heterocycles. The third-order valence-electron chi connectivity index (χ3n) is 3.05. The molecule has 1 saturated carbocycles. The van der Waals surface area contributed by atoms with Crippen molar-refractivity contribution in [1.29, 1.82) is 0 Å². The predicted molar refractivity (Wildman–Crippen MR) is 57.1 cm³/mol. The minimum absolute atomic E-state index is 0.126. The summed E-state index contributed by atoms with van der Waals surface area (Å²) in [4.78, 5) is 11.6. The van der Waals surface area contributed by atoms with E-state index in [1.807, 2.05) is 6.07 Å². The molecule has 0 heterocycles. The van der Waals surface area contributed by atoms with Crippen LogP contribution in [0.2, 0.25) is 0 Å². The van der Waals surface area contributed by atoms with E-state index in [0.717, 1.165) is 24.8 Å². The molecule has 0 amide bonds. The second kappa shape index (κ2) is 4.56. The van der Waals surface area contributed by atoms with Gasteiger partial charge in [0.2, 0.25) is 0 Å². The quantitative estimate of drug-likeness (QED) is 0.726. The molecular formula is C13H15FO. The van der Waals surface area contributed by atoms with Crippen molar-refractivity contribution in [3.8, 4) is 0 Å². The second-order valence-electron chi connectivity index (χ2n) is 4.24. The van der Waals surface area contributed by atoms with Crippen LogP contribution in [-0.4, -0.2) is 5.78 Å². The number of rotatable bonds is 2. The molecule has 0 aliphatic heterocycles. The lowest BCUT2D eigenvalue weighted by molar-refractivity contribution is -0.124. The number of Topliss-reactive ketones (excluding diaryl/α,β-unsaturated/α-hetero) is 1. The van der Waals surface area contributed by atoms with Gasteiger partial charge in [-0.2, -0.15) is 0 Å². The van der Waals surface area contributed by atoms with E-state index in [1.54, 1.807) is 6.07 Å². The maximum Gasteiger partial charge on any atom is 0.136 e. The largest absolute Gasteiger partial charge is 0.299 e. The van der Waals surface area contributed by atoms with Crippen LogP contribution in [0.25, 0.3) is 0 Å². The first kappa shape index (κ1) is 10.3. The van der Waals surface area contributed by atoms with Crippen molar-refractivity contribution in [3.63, 3.8) is 0 Å². The molecule has 1 aliphatic rings. The van der Waals surface area contributed by atoms with E-state index >= 15 is 0 Å². The van der Waals surface area contributed by atoms with Crippen LogP contribution in [-0.2, 0) is 11.2 Å². The van der Waals surface area contributed by atoms with Gasteiger partial charge in [-0.15, -0.1) is 0 Å². The maximum absolute atomic E-state index is 12.9. The fourth-order valence-corrected chi connectivity index (χ4v) is 2.22. The summed E-state index contributed by atoms with van der Waals surface area (Å²) in [5.74, 6) is 0.266. The molecule has 15 heavy (non-hydrogen) atoms. The lowest BCUT2D eigenvalue weighted by atomic mass is 9.84. The number of hydrogen-bond donors (Lipinski definition) is 0. The summed E-state index contributed by atoms with van der Waals surface area (Å²) >= 11 is 0. The van der Waals surface area contributed by atoms with Gasteiger partial charge in [-0.05, 0) is 37.0 Å². The van der Waals surface area contributed by atoms with Crippen molar-refractivity contribution in [2.24, 2.45) is 5.92 Å². The van der Waals surface area contributed by atoms with Gasteiger partial charge in [0, 0.05) is 12.3 Å². The van der Waals surface area contributed by atoms with Crippen molar-refractivity contribution >= 4 is 5.78 Å². The average molecular weight is 206 g/mol. The topological polar surface area (TPSA) is 17.1 Å². The van der Waals surface area contributed by atoms with Gasteiger partial charge in [0.25, 0.3) is 0 Å². The first-order valence-corrected chi connectivity index (χ1v) is 5.53. The fourth-order valence-electron chi connectivity index (χ4n) is 2.22. The third kappa shape index (κ3) is 2.65. The highest BCUT2D eigenvalue weighted by Crippen LogP contribution is 2.24. The van der Waals surface area contributed by atoms with E-state index in [9.17, 15) is 9.18 Å². The van der Waals surface area contributed by atoms with Gasteiger partial charge < -0.3 is 0 Å². The first-order chi connectivity index (χ1) is 7.25.